The molecule has 0 aromatic rings. The zero-order chi connectivity index (χ0) is 16.9. The van der Waals surface area contributed by atoms with Crippen LogP contribution in [0.5, 0.6) is 0 Å². The van der Waals surface area contributed by atoms with E-state index in [0.717, 1.165) is 44.1 Å². The SMILES string of the molecule is COCC(=O)C1=C2C[CH][C@H]3[C@@H](CCC4=CC(=O)CC[C@@]43C)[C@@H]2CC1. The molecule has 0 unspecified atom stereocenters. The van der Waals surface area contributed by atoms with Gasteiger partial charge in [0.1, 0.15) is 6.61 Å². The topological polar surface area (TPSA) is 43.4 Å². The molecule has 24 heavy (non-hydrogen) atoms. The Bertz CT molecular complexity index is 641. The zero-order valence-electron chi connectivity index (χ0n) is 14.8. The fourth-order valence-electron chi connectivity index (χ4n) is 5.97. The molecule has 0 aromatic heterocycles. The zero-order valence-corrected chi connectivity index (χ0v) is 14.8. The third-order valence-corrected chi connectivity index (χ3v) is 7.16. The first-order valence-electron chi connectivity index (χ1n) is 9.36. The maximum absolute atomic E-state index is 12.3. The molecule has 0 aliphatic heterocycles. The summed E-state index contributed by atoms with van der Waals surface area (Å²) in [6, 6.07) is 0. The van der Waals surface area contributed by atoms with Gasteiger partial charge in [0.25, 0.3) is 0 Å². The summed E-state index contributed by atoms with van der Waals surface area (Å²) in [7, 11) is 1.60. The maximum atomic E-state index is 12.3. The Morgan fingerprint density at radius 3 is 2.92 bits per heavy atom. The van der Waals surface area contributed by atoms with Crippen LogP contribution in [0.25, 0.3) is 0 Å². The molecular weight excluding hydrogens is 300 g/mol. The highest BCUT2D eigenvalue weighted by Gasteiger charge is 2.52. The molecule has 0 heterocycles. The Balaban J connectivity index is 1.63. The molecule has 0 aromatic carbocycles. The Morgan fingerprint density at radius 2 is 2.12 bits per heavy atom. The average Bonchev–Trinajstić information content (AvgIpc) is 3.00. The minimum absolute atomic E-state index is 0.168. The van der Waals surface area contributed by atoms with Crippen LogP contribution < -0.4 is 0 Å². The van der Waals surface area contributed by atoms with E-state index >= 15 is 0 Å². The van der Waals surface area contributed by atoms with E-state index < -0.39 is 0 Å². The van der Waals surface area contributed by atoms with Gasteiger partial charge in [-0.25, -0.2) is 0 Å². The van der Waals surface area contributed by atoms with E-state index in [9.17, 15) is 9.59 Å². The lowest BCUT2D eigenvalue weighted by Gasteiger charge is -2.54. The lowest BCUT2D eigenvalue weighted by atomic mass is 9.50. The van der Waals surface area contributed by atoms with Crippen molar-refractivity contribution >= 4 is 11.6 Å². The van der Waals surface area contributed by atoms with Crippen LogP contribution in [0.2, 0.25) is 0 Å². The summed E-state index contributed by atoms with van der Waals surface area (Å²) in [5.74, 6) is 2.29. The van der Waals surface area contributed by atoms with Gasteiger partial charge in [0.15, 0.2) is 11.6 Å². The first-order chi connectivity index (χ1) is 11.5. The summed E-state index contributed by atoms with van der Waals surface area (Å²) in [5, 5.41) is 0. The molecule has 0 amide bonds. The van der Waals surface area contributed by atoms with Crippen molar-refractivity contribution in [3.8, 4) is 0 Å². The van der Waals surface area contributed by atoms with Gasteiger partial charge in [-0.15, -0.1) is 0 Å². The molecule has 3 heteroatoms. The molecule has 4 aliphatic rings. The normalized spacial score (nSPS) is 38.3. The summed E-state index contributed by atoms with van der Waals surface area (Å²) >= 11 is 0. The second-order valence-electron chi connectivity index (χ2n) is 8.23. The second kappa shape index (κ2) is 5.94. The molecule has 4 aliphatic carbocycles. The van der Waals surface area contributed by atoms with E-state index in [0.29, 0.717) is 30.0 Å². The molecule has 129 valence electrons. The number of fused-ring (bicyclic) bond motifs is 5. The third kappa shape index (κ3) is 2.35. The molecule has 4 atom stereocenters. The van der Waals surface area contributed by atoms with Crippen LogP contribution in [0.1, 0.15) is 51.9 Å². The van der Waals surface area contributed by atoms with E-state index in [1.807, 2.05) is 6.08 Å². The van der Waals surface area contributed by atoms with Crippen molar-refractivity contribution in [2.45, 2.75) is 51.9 Å². The number of hydrogen-bond acceptors (Lipinski definition) is 3. The highest BCUT2D eigenvalue weighted by Crippen LogP contribution is 2.61. The Hall–Kier alpha value is -1.22. The van der Waals surface area contributed by atoms with Crippen molar-refractivity contribution in [3.63, 3.8) is 0 Å². The molecule has 3 nitrogen and oxygen atoms in total. The lowest BCUT2D eigenvalue weighted by Crippen LogP contribution is -2.46. The number of methoxy groups -OCH3 is 1. The van der Waals surface area contributed by atoms with Crippen molar-refractivity contribution in [3.05, 3.63) is 29.2 Å². The van der Waals surface area contributed by atoms with Crippen LogP contribution in [0.4, 0.5) is 0 Å². The number of hydrogen-bond donors (Lipinski definition) is 0. The van der Waals surface area contributed by atoms with Gasteiger partial charge in [-0.05, 0) is 79.8 Å². The molecule has 4 rings (SSSR count). The van der Waals surface area contributed by atoms with E-state index in [-0.39, 0.29) is 17.8 Å². The maximum Gasteiger partial charge on any atom is 0.184 e. The number of carbonyl (C=O) groups is 2. The fourth-order valence-corrected chi connectivity index (χ4v) is 5.97. The Morgan fingerprint density at radius 1 is 1.29 bits per heavy atom. The summed E-state index contributed by atoms with van der Waals surface area (Å²) in [4.78, 5) is 24.2. The van der Waals surface area contributed by atoms with Gasteiger partial charge < -0.3 is 4.74 Å². The largest absolute Gasteiger partial charge is 0.377 e. The Kier molecular flexibility index (Phi) is 4.03. The summed E-state index contributed by atoms with van der Waals surface area (Å²) < 4.78 is 5.07. The predicted molar refractivity (Wildman–Crippen MR) is 92.2 cm³/mol. The van der Waals surface area contributed by atoms with Gasteiger partial charge in [-0.3, -0.25) is 9.59 Å². The van der Waals surface area contributed by atoms with Crippen LogP contribution >= 0.6 is 0 Å². The highest BCUT2D eigenvalue weighted by molar-refractivity contribution is 5.97. The minimum atomic E-state index is 0.168. The van der Waals surface area contributed by atoms with Gasteiger partial charge >= 0.3 is 0 Å². The molecule has 0 bridgehead atoms. The quantitative estimate of drug-likeness (QED) is 0.791. The van der Waals surface area contributed by atoms with E-state index in [2.05, 4.69) is 13.3 Å². The number of ether oxygens (including phenoxy) is 1. The van der Waals surface area contributed by atoms with Crippen LogP contribution in [-0.2, 0) is 14.3 Å². The fraction of sp³-hybridized carbons (Fsp3) is 0.667. The van der Waals surface area contributed by atoms with Crippen molar-refractivity contribution in [1.29, 1.82) is 0 Å². The average molecular weight is 327 g/mol. The number of rotatable bonds is 3. The molecule has 0 N–H and O–H groups in total. The molecule has 0 saturated heterocycles. The van der Waals surface area contributed by atoms with E-state index in [1.165, 1.54) is 11.1 Å². The van der Waals surface area contributed by atoms with Crippen LogP contribution in [0.3, 0.4) is 0 Å². The number of Topliss-reactive ketones (excluding diaryl/α,β-unsaturated/α-hetero) is 1. The second-order valence-corrected chi connectivity index (χ2v) is 8.23. The summed E-state index contributed by atoms with van der Waals surface area (Å²) in [5.41, 5.74) is 4.02. The highest BCUT2D eigenvalue weighted by atomic mass is 16.5. The number of ketones is 2. The molecular formula is C21H27O3. The minimum Gasteiger partial charge on any atom is -0.377 e. The standard InChI is InChI=1S/C21H27O3/c1-21-10-9-14(22)11-13(21)3-4-17-15-5-6-18(20(23)12-24-2)16(15)7-8-19(17)21/h8,11,15,17,19H,3-7,9-10,12H2,1-2H3/t15-,17+,19+,21+/m1/s1. The van der Waals surface area contributed by atoms with Crippen LogP contribution in [-0.4, -0.2) is 25.3 Å². The smallest absolute Gasteiger partial charge is 0.184 e. The predicted octanol–water partition coefficient (Wildman–Crippen LogP) is 3.84. The van der Waals surface area contributed by atoms with Gasteiger partial charge in [0, 0.05) is 13.5 Å². The molecule has 2 saturated carbocycles. The lowest BCUT2D eigenvalue weighted by molar-refractivity contribution is -0.119. The van der Waals surface area contributed by atoms with Gasteiger partial charge in [-0.2, -0.15) is 0 Å². The van der Waals surface area contributed by atoms with Crippen molar-refractivity contribution in [1.82, 2.24) is 0 Å². The van der Waals surface area contributed by atoms with E-state index in [4.69, 9.17) is 4.74 Å². The van der Waals surface area contributed by atoms with Crippen molar-refractivity contribution in [2.75, 3.05) is 13.7 Å². The molecule has 0 spiro atoms. The third-order valence-electron chi connectivity index (χ3n) is 7.16. The number of allylic oxidation sites excluding steroid dienone is 3. The van der Waals surface area contributed by atoms with E-state index in [1.54, 1.807) is 7.11 Å². The first-order valence-corrected chi connectivity index (χ1v) is 9.36. The monoisotopic (exact) mass is 327 g/mol. The molecule has 2 fully saturated rings. The first kappa shape index (κ1) is 16.3. The summed E-state index contributed by atoms with van der Waals surface area (Å²) in [6.07, 6.45) is 11.3. The molecule has 1 radical (unpaired) electrons. The summed E-state index contributed by atoms with van der Waals surface area (Å²) in [6.45, 7) is 2.59. The number of carbonyl (C=O) groups excluding carboxylic acids is 2. The van der Waals surface area contributed by atoms with Gasteiger partial charge in [0.2, 0.25) is 0 Å². The van der Waals surface area contributed by atoms with Crippen LogP contribution in [0, 0.1) is 29.6 Å². The van der Waals surface area contributed by atoms with Gasteiger partial charge in [-0.1, -0.05) is 18.1 Å². The van der Waals surface area contributed by atoms with Crippen molar-refractivity contribution in [2.24, 2.45) is 23.2 Å². The van der Waals surface area contributed by atoms with Crippen LogP contribution in [0.15, 0.2) is 22.8 Å². The van der Waals surface area contributed by atoms with Crippen molar-refractivity contribution < 1.29 is 14.3 Å². The van der Waals surface area contributed by atoms with Gasteiger partial charge in [0.05, 0.1) is 0 Å². The Labute approximate surface area is 144 Å².